The van der Waals surface area contributed by atoms with Gasteiger partial charge in [0.15, 0.2) is 0 Å². The van der Waals surface area contributed by atoms with E-state index < -0.39 is 0 Å². The van der Waals surface area contributed by atoms with E-state index in [4.69, 9.17) is 0 Å². The second-order valence-electron chi connectivity index (χ2n) is 6.85. The van der Waals surface area contributed by atoms with Gasteiger partial charge in [0.1, 0.15) is 0 Å². The number of nitrogens with zero attached hydrogens (tertiary/aromatic N) is 1. The van der Waals surface area contributed by atoms with Gasteiger partial charge in [-0.1, -0.05) is 26.8 Å². The van der Waals surface area contributed by atoms with Crippen LogP contribution >= 0.6 is 0 Å². The number of carbonyl (C=O) groups excluding carboxylic acids is 1. The maximum absolute atomic E-state index is 12.7. The fraction of sp³-hybridized carbons (Fsp3) is 0.471. The Bertz CT molecular complexity index is 636. The lowest BCUT2D eigenvalue weighted by Gasteiger charge is -2.27. The van der Waals surface area contributed by atoms with Crippen molar-refractivity contribution in [2.24, 2.45) is 11.3 Å². The smallest absolute Gasteiger partial charge is 0.254 e. The second-order valence-corrected chi connectivity index (χ2v) is 6.85. The number of nitrogens with one attached hydrogen (secondary N) is 1. The topological polar surface area (TPSA) is 36.1 Å². The Labute approximate surface area is 120 Å². The minimum Gasteiger partial charge on any atom is -0.361 e. The summed E-state index contributed by atoms with van der Waals surface area (Å²) in [5, 5.41) is 1.02. The summed E-state index contributed by atoms with van der Waals surface area (Å²) in [7, 11) is 0. The van der Waals surface area contributed by atoms with Gasteiger partial charge in [0.05, 0.1) is 0 Å². The first-order chi connectivity index (χ1) is 9.47. The summed E-state index contributed by atoms with van der Waals surface area (Å²) in [4.78, 5) is 17.9. The number of H-pyrrole nitrogens is 1. The van der Waals surface area contributed by atoms with Crippen LogP contribution in [0.4, 0.5) is 0 Å². The Kier molecular flexibility index (Phi) is 3.08. The number of carbonyl (C=O) groups is 1. The molecule has 1 N–H and O–H groups in total. The van der Waals surface area contributed by atoms with Gasteiger partial charge in [0, 0.05) is 35.8 Å². The van der Waals surface area contributed by atoms with E-state index in [1.54, 1.807) is 0 Å². The van der Waals surface area contributed by atoms with Crippen LogP contribution in [0.2, 0.25) is 0 Å². The molecule has 0 aliphatic carbocycles. The summed E-state index contributed by atoms with van der Waals surface area (Å²) in [6.45, 7) is 8.54. The number of likely N-dealkylation sites (tertiary alicyclic amines) is 1. The van der Waals surface area contributed by atoms with E-state index in [2.05, 4.69) is 25.8 Å². The van der Waals surface area contributed by atoms with E-state index in [0.29, 0.717) is 5.92 Å². The van der Waals surface area contributed by atoms with Crippen molar-refractivity contribution in [1.29, 1.82) is 0 Å². The first-order valence-electron chi connectivity index (χ1n) is 7.32. The molecule has 2 heterocycles. The largest absolute Gasteiger partial charge is 0.361 e. The molecule has 3 heteroatoms. The molecule has 0 bridgehead atoms. The normalized spacial score (nSPS) is 19.8. The predicted molar refractivity (Wildman–Crippen MR) is 81.8 cm³/mol. The number of benzene rings is 1. The highest BCUT2D eigenvalue weighted by atomic mass is 16.2. The summed E-state index contributed by atoms with van der Waals surface area (Å²) in [5.41, 5.74) is 2.12. The highest BCUT2D eigenvalue weighted by Gasteiger charge is 2.34. The predicted octanol–water partition coefficient (Wildman–Crippen LogP) is 3.68. The van der Waals surface area contributed by atoms with E-state index in [1.165, 1.54) is 0 Å². The molecular formula is C17H22N2O. The lowest BCUT2D eigenvalue weighted by molar-refractivity contribution is 0.0778. The number of aromatic nitrogens is 1. The third kappa shape index (κ3) is 2.21. The molecule has 1 unspecified atom stereocenters. The number of rotatable bonds is 1. The monoisotopic (exact) mass is 270 g/mol. The van der Waals surface area contributed by atoms with Crippen molar-refractivity contribution in [2.75, 3.05) is 13.1 Å². The van der Waals surface area contributed by atoms with E-state index in [9.17, 15) is 4.79 Å². The summed E-state index contributed by atoms with van der Waals surface area (Å²) >= 11 is 0. The minimum atomic E-state index is 0.168. The molecule has 3 nitrogen and oxygen atoms in total. The van der Waals surface area contributed by atoms with Gasteiger partial charge in [0.25, 0.3) is 5.91 Å². The average molecular weight is 270 g/mol. The van der Waals surface area contributed by atoms with Gasteiger partial charge < -0.3 is 9.88 Å². The summed E-state index contributed by atoms with van der Waals surface area (Å²) < 4.78 is 0. The number of hydrogen-bond acceptors (Lipinski definition) is 1. The Balaban J connectivity index is 1.85. The van der Waals surface area contributed by atoms with Crippen LogP contribution in [0.25, 0.3) is 10.9 Å². The molecule has 1 fully saturated rings. The molecule has 0 saturated carbocycles. The van der Waals surface area contributed by atoms with Crippen molar-refractivity contribution in [3.05, 3.63) is 36.0 Å². The Morgan fingerprint density at radius 2 is 2.10 bits per heavy atom. The number of fused-ring (bicyclic) bond motifs is 1. The molecule has 0 spiro atoms. The van der Waals surface area contributed by atoms with Gasteiger partial charge in [-0.25, -0.2) is 0 Å². The molecule has 1 aromatic carbocycles. The van der Waals surface area contributed by atoms with Crippen LogP contribution in [0.3, 0.4) is 0 Å². The van der Waals surface area contributed by atoms with E-state index in [0.717, 1.165) is 36.0 Å². The van der Waals surface area contributed by atoms with Crippen LogP contribution in [-0.2, 0) is 0 Å². The zero-order valence-electron chi connectivity index (χ0n) is 12.4. The molecule has 2 aromatic rings. The van der Waals surface area contributed by atoms with Crippen LogP contribution < -0.4 is 0 Å². The maximum atomic E-state index is 12.7. The van der Waals surface area contributed by atoms with Crippen LogP contribution in [-0.4, -0.2) is 28.9 Å². The molecule has 1 atom stereocenters. The van der Waals surface area contributed by atoms with E-state index in [-0.39, 0.29) is 11.3 Å². The van der Waals surface area contributed by atoms with Gasteiger partial charge >= 0.3 is 0 Å². The summed E-state index contributed by atoms with van der Waals surface area (Å²) in [5.74, 6) is 0.763. The molecular weight excluding hydrogens is 248 g/mol. The van der Waals surface area contributed by atoms with E-state index in [1.807, 2.05) is 35.4 Å². The standard InChI is InChI=1S/C17H22N2O/c1-17(2,3)12-8-10-19(11-12)16(20)14-5-4-6-15-13(14)7-9-18-15/h4-7,9,12,18H,8,10-11H2,1-3H3. The van der Waals surface area contributed by atoms with Gasteiger partial charge in [-0.2, -0.15) is 0 Å². The quantitative estimate of drug-likeness (QED) is 0.843. The molecule has 1 saturated heterocycles. The fourth-order valence-corrected chi connectivity index (χ4v) is 3.09. The lowest BCUT2D eigenvalue weighted by atomic mass is 9.80. The van der Waals surface area contributed by atoms with Crippen molar-refractivity contribution in [3.8, 4) is 0 Å². The van der Waals surface area contributed by atoms with Crippen LogP contribution in [0.5, 0.6) is 0 Å². The molecule has 0 radical (unpaired) electrons. The molecule has 3 rings (SSSR count). The first-order valence-corrected chi connectivity index (χ1v) is 7.32. The third-order valence-electron chi connectivity index (χ3n) is 4.53. The Morgan fingerprint density at radius 3 is 2.80 bits per heavy atom. The first kappa shape index (κ1) is 13.2. The second kappa shape index (κ2) is 4.65. The number of aromatic amines is 1. The Morgan fingerprint density at radius 1 is 1.30 bits per heavy atom. The highest BCUT2D eigenvalue weighted by molar-refractivity contribution is 6.06. The molecule has 20 heavy (non-hydrogen) atoms. The zero-order valence-corrected chi connectivity index (χ0v) is 12.4. The van der Waals surface area contributed by atoms with Crippen molar-refractivity contribution in [3.63, 3.8) is 0 Å². The van der Waals surface area contributed by atoms with Crippen molar-refractivity contribution in [2.45, 2.75) is 27.2 Å². The Hall–Kier alpha value is -1.77. The van der Waals surface area contributed by atoms with Crippen molar-refractivity contribution < 1.29 is 4.79 Å². The summed E-state index contributed by atoms with van der Waals surface area (Å²) in [6, 6.07) is 7.88. The lowest BCUT2D eigenvalue weighted by Crippen LogP contribution is -2.31. The number of amides is 1. The third-order valence-corrected chi connectivity index (χ3v) is 4.53. The fourth-order valence-electron chi connectivity index (χ4n) is 3.09. The molecule has 1 aliphatic rings. The average Bonchev–Trinajstić information content (AvgIpc) is 3.05. The van der Waals surface area contributed by atoms with Crippen LogP contribution in [0.15, 0.2) is 30.5 Å². The highest BCUT2D eigenvalue weighted by Crippen LogP contribution is 2.34. The maximum Gasteiger partial charge on any atom is 0.254 e. The molecule has 1 aliphatic heterocycles. The van der Waals surface area contributed by atoms with Crippen LogP contribution in [0, 0.1) is 11.3 Å². The van der Waals surface area contributed by atoms with Gasteiger partial charge in [-0.05, 0) is 36.0 Å². The summed E-state index contributed by atoms with van der Waals surface area (Å²) in [6.07, 6.45) is 3.00. The van der Waals surface area contributed by atoms with Gasteiger partial charge in [0.2, 0.25) is 0 Å². The van der Waals surface area contributed by atoms with Gasteiger partial charge in [-0.3, -0.25) is 4.79 Å². The van der Waals surface area contributed by atoms with Crippen molar-refractivity contribution >= 4 is 16.8 Å². The molecule has 106 valence electrons. The molecule has 1 amide bonds. The van der Waals surface area contributed by atoms with E-state index >= 15 is 0 Å². The number of hydrogen-bond donors (Lipinski definition) is 1. The molecule has 1 aromatic heterocycles. The zero-order chi connectivity index (χ0) is 14.3. The SMILES string of the molecule is CC(C)(C)C1CCN(C(=O)c2cccc3[nH]ccc23)C1. The van der Waals surface area contributed by atoms with Crippen LogP contribution in [0.1, 0.15) is 37.6 Å². The minimum absolute atomic E-state index is 0.168. The van der Waals surface area contributed by atoms with Gasteiger partial charge in [-0.15, -0.1) is 0 Å². The van der Waals surface area contributed by atoms with Crippen molar-refractivity contribution in [1.82, 2.24) is 9.88 Å².